The highest BCUT2D eigenvalue weighted by molar-refractivity contribution is 7.98. The molecule has 4 aromatic rings. The zero-order valence-corrected chi connectivity index (χ0v) is 20.2. The lowest BCUT2D eigenvalue weighted by atomic mass is 10.2. The lowest BCUT2D eigenvalue weighted by Crippen LogP contribution is -2.32. The second-order valence-corrected chi connectivity index (χ2v) is 9.14. The van der Waals surface area contributed by atoms with E-state index >= 15 is 0 Å². The SMILES string of the molecule is CCC(C)NC(=O)c1csc(CSc2nnc(-c3cccnc3)n2-c2ccccc2OC)n1. The fourth-order valence-corrected chi connectivity index (χ4v) is 4.82. The third-order valence-electron chi connectivity index (χ3n) is 4.98. The van der Waals surface area contributed by atoms with Gasteiger partial charge >= 0.3 is 0 Å². The third-order valence-corrected chi connectivity index (χ3v) is 6.95. The average Bonchev–Trinajstić information content (AvgIpc) is 3.50. The molecule has 0 aliphatic rings. The predicted octanol–water partition coefficient (Wildman–Crippen LogP) is 4.62. The molecule has 0 fully saturated rings. The molecule has 0 aliphatic carbocycles. The summed E-state index contributed by atoms with van der Waals surface area (Å²) >= 11 is 2.96. The van der Waals surface area contributed by atoms with Gasteiger partial charge in [-0.3, -0.25) is 14.3 Å². The van der Waals surface area contributed by atoms with Crippen molar-refractivity contribution in [2.24, 2.45) is 0 Å². The Bertz CT molecular complexity index is 1220. The van der Waals surface area contributed by atoms with E-state index in [1.54, 1.807) is 24.9 Å². The number of thiazole rings is 1. The summed E-state index contributed by atoms with van der Waals surface area (Å²) in [5, 5.41) is 15.2. The van der Waals surface area contributed by atoms with Crippen LogP contribution in [0.15, 0.2) is 59.3 Å². The molecule has 1 aromatic carbocycles. The lowest BCUT2D eigenvalue weighted by Gasteiger charge is -2.13. The number of nitrogens with zero attached hydrogens (tertiary/aromatic N) is 5. The van der Waals surface area contributed by atoms with Gasteiger partial charge in [-0.1, -0.05) is 30.8 Å². The molecule has 33 heavy (non-hydrogen) atoms. The second-order valence-electron chi connectivity index (χ2n) is 7.25. The van der Waals surface area contributed by atoms with E-state index in [4.69, 9.17) is 4.74 Å². The standard InChI is InChI=1S/C23H24N6O2S2/c1-4-15(2)25-22(30)17-13-32-20(26-17)14-33-23-28-27-21(16-8-7-11-24-12-16)29(23)18-9-5-6-10-19(18)31-3/h5-13,15H,4,14H2,1-3H3,(H,25,30). The molecule has 0 spiro atoms. The summed E-state index contributed by atoms with van der Waals surface area (Å²) in [4.78, 5) is 21.1. The first kappa shape index (κ1) is 22.9. The number of ether oxygens (including phenoxy) is 1. The summed E-state index contributed by atoms with van der Waals surface area (Å²) < 4.78 is 7.56. The van der Waals surface area contributed by atoms with Crippen LogP contribution in [-0.2, 0) is 5.75 Å². The van der Waals surface area contributed by atoms with Crippen LogP contribution in [0.2, 0.25) is 0 Å². The molecule has 1 atom stereocenters. The van der Waals surface area contributed by atoms with E-state index in [9.17, 15) is 4.79 Å². The predicted molar refractivity (Wildman–Crippen MR) is 130 cm³/mol. The summed E-state index contributed by atoms with van der Waals surface area (Å²) in [6.07, 6.45) is 4.35. The summed E-state index contributed by atoms with van der Waals surface area (Å²) in [7, 11) is 1.64. The Kier molecular flexibility index (Phi) is 7.36. The smallest absolute Gasteiger partial charge is 0.270 e. The van der Waals surface area contributed by atoms with E-state index < -0.39 is 0 Å². The molecule has 3 aromatic heterocycles. The van der Waals surface area contributed by atoms with Crippen LogP contribution in [0.3, 0.4) is 0 Å². The lowest BCUT2D eigenvalue weighted by molar-refractivity contribution is 0.0935. The van der Waals surface area contributed by atoms with Crippen molar-refractivity contribution >= 4 is 29.0 Å². The van der Waals surface area contributed by atoms with E-state index in [2.05, 4.69) is 25.5 Å². The van der Waals surface area contributed by atoms with Crippen molar-refractivity contribution in [3.8, 4) is 22.8 Å². The van der Waals surface area contributed by atoms with E-state index in [1.165, 1.54) is 23.1 Å². The number of para-hydroxylation sites is 2. The Labute approximate surface area is 200 Å². The molecule has 10 heteroatoms. The number of hydrogen-bond donors (Lipinski definition) is 1. The van der Waals surface area contributed by atoms with Gasteiger partial charge in [0, 0.05) is 29.4 Å². The van der Waals surface area contributed by atoms with Crippen molar-refractivity contribution in [2.75, 3.05) is 7.11 Å². The first-order valence-corrected chi connectivity index (χ1v) is 12.3. The highest BCUT2D eigenvalue weighted by atomic mass is 32.2. The number of benzene rings is 1. The van der Waals surface area contributed by atoms with Crippen LogP contribution in [0.1, 0.15) is 35.8 Å². The maximum atomic E-state index is 12.4. The zero-order chi connectivity index (χ0) is 23.2. The Morgan fingerprint density at radius 2 is 2.09 bits per heavy atom. The average molecular weight is 481 g/mol. The van der Waals surface area contributed by atoms with E-state index in [0.717, 1.165) is 22.7 Å². The summed E-state index contributed by atoms with van der Waals surface area (Å²) in [5.74, 6) is 1.79. The monoisotopic (exact) mass is 480 g/mol. The van der Waals surface area contributed by atoms with Crippen LogP contribution in [0, 0.1) is 0 Å². The van der Waals surface area contributed by atoms with E-state index in [0.29, 0.717) is 28.2 Å². The van der Waals surface area contributed by atoms with Gasteiger partial charge in [0.05, 0.1) is 18.6 Å². The van der Waals surface area contributed by atoms with E-state index in [1.807, 2.05) is 54.8 Å². The molecule has 4 rings (SSSR count). The molecule has 0 saturated heterocycles. The highest BCUT2D eigenvalue weighted by Gasteiger charge is 2.20. The van der Waals surface area contributed by atoms with Crippen molar-refractivity contribution in [3.63, 3.8) is 0 Å². The molecule has 0 bridgehead atoms. The number of pyridine rings is 1. The second kappa shape index (κ2) is 10.6. The number of rotatable bonds is 9. The van der Waals surface area contributed by atoms with Crippen LogP contribution < -0.4 is 10.1 Å². The zero-order valence-electron chi connectivity index (χ0n) is 18.6. The molecule has 0 saturated carbocycles. The quantitative estimate of drug-likeness (QED) is 0.349. The Morgan fingerprint density at radius 1 is 1.24 bits per heavy atom. The summed E-state index contributed by atoms with van der Waals surface area (Å²) in [5.41, 5.74) is 2.12. The molecule has 1 N–H and O–H groups in total. The minimum atomic E-state index is -0.145. The largest absolute Gasteiger partial charge is 0.495 e. The molecule has 0 radical (unpaired) electrons. The normalized spacial score (nSPS) is 11.8. The number of nitrogens with one attached hydrogen (secondary N) is 1. The molecule has 8 nitrogen and oxygen atoms in total. The van der Waals surface area contributed by atoms with Gasteiger partial charge in [-0.2, -0.15) is 0 Å². The number of carbonyl (C=O) groups excluding carboxylic acids is 1. The topological polar surface area (TPSA) is 94.8 Å². The number of methoxy groups -OCH3 is 1. The van der Waals surface area contributed by atoms with Crippen molar-refractivity contribution in [3.05, 3.63) is 64.9 Å². The van der Waals surface area contributed by atoms with Crippen molar-refractivity contribution in [1.82, 2.24) is 30.0 Å². The van der Waals surface area contributed by atoms with Gasteiger partial charge in [-0.25, -0.2) is 4.98 Å². The van der Waals surface area contributed by atoms with Gasteiger partial charge in [0.25, 0.3) is 5.91 Å². The minimum absolute atomic E-state index is 0.113. The van der Waals surface area contributed by atoms with Gasteiger partial charge in [0.1, 0.15) is 16.5 Å². The van der Waals surface area contributed by atoms with Crippen LogP contribution in [-0.4, -0.2) is 43.8 Å². The number of amides is 1. The van der Waals surface area contributed by atoms with Crippen LogP contribution in [0.25, 0.3) is 17.1 Å². The molecule has 0 aliphatic heterocycles. The molecular weight excluding hydrogens is 456 g/mol. The summed E-state index contributed by atoms with van der Waals surface area (Å²) in [6, 6.07) is 11.7. The van der Waals surface area contributed by atoms with Crippen molar-refractivity contribution in [1.29, 1.82) is 0 Å². The Balaban J connectivity index is 1.61. The molecule has 170 valence electrons. The highest BCUT2D eigenvalue weighted by Crippen LogP contribution is 2.33. The Hall–Kier alpha value is -3.24. The van der Waals surface area contributed by atoms with Crippen molar-refractivity contribution < 1.29 is 9.53 Å². The maximum Gasteiger partial charge on any atom is 0.270 e. The molecule has 1 unspecified atom stereocenters. The van der Waals surface area contributed by atoms with Crippen LogP contribution >= 0.6 is 23.1 Å². The molecule has 3 heterocycles. The van der Waals surface area contributed by atoms with Gasteiger partial charge in [0.2, 0.25) is 0 Å². The fourth-order valence-electron chi connectivity index (χ4n) is 3.08. The molecular formula is C23H24N6O2S2. The number of carbonyl (C=O) groups is 1. The van der Waals surface area contributed by atoms with Crippen molar-refractivity contribution in [2.45, 2.75) is 37.2 Å². The van der Waals surface area contributed by atoms with Gasteiger partial charge in [-0.05, 0) is 37.6 Å². The maximum absolute atomic E-state index is 12.4. The van der Waals surface area contributed by atoms with Gasteiger partial charge in [0.15, 0.2) is 11.0 Å². The minimum Gasteiger partial charge on any atom is -0.495 e. The Morgan fingerprint density at radius 3 is 2.85 bits per heavy atom. The summed E-state index contributed by atoms with van der Waals surface area (Å²) in [6.45, 7) is 4.01. The van der Waals surface area contributed by atoms with E-state index in [-0.39, 0.29) is 11.9 Å². The van der Waals surface area contributed by atoms with Gasteiger partial charge in [-0.15, -0.1) is 21.5 Å². The van der Waals surface area contributed by atoms with Crippen LogP contribution in [0.5, 0.6) is 5.75 Å². The number of hydrogen-bond acceptors (Lipinski definition) is 8. The first-order chi connectivity index (χ1) is 16.1. The third kappa shape index (κ3) is 5.23. The number of thioether (sulfide) groups is 1. The number of aromatic nitrogens is 5. The first-order valence-electron chi connectivity index (χ1n) is 10.5. The van der Waals surface area contributed by atoms with Gasteiger partial charge < -0.3 is 10.1 Å². The fraction of sp³-hybridized carbons (Fsp3) is 0.261. The van der Waals surface area contributed by atoms with Crippen LogP contribution in [0.4, 0.5) is 0 Å². The molecule has 1 amide bonds.